The molecule has 1 unspecified atom stereocenters. The van der Waals surface area contributed by atoms with E-state index >= 15 is 0 Å². The van der Waals surface area contributed by atoms with Crippen LogP contribution < -0.4 is 5.73 Å². The van der Waals surface area contributed by atoms with Crippen LogP contribution in [0.25, 0.3) is 0 Å². The van der Waals surface area contributed by atoms with Crippen LogP contribution in [0.4, 0.5) is 0 Å². The zero-order valence-electron chi connectivity index (χ0n) is 11.4. The summed E-state index contributed by atoms with van der Waals surface area (Å²) in [5.41, 5.74) is 11.2. The van der Waals surface area contributed by atoms with E-state index in [1.807, 2.05) is 6.07 Å². The van der Waals surface area contributed by atoms with Crippen molar-refractivity contribution < 1.29 is 0 Å². The van der Waals surface area contributed by atoms with Gasteiger partial charge in [-0.15, -0.1) is 0 Å². The van der Waals surface area contributed by atoms with Crippen LogP contribution in [0, 0.1) is 13.8 Å². The Morgan fingerprint density at radius 2 is 1.44 bits per heavy atom. The van der Waals surface area contributed by atoms with Crippen molar-refractivity contribution in [1.82, 2.24) is 0 Å². The third-order valence-corrected chi connectivity index (χ3v) is 3.58. The zero-order chi connectivity index (χ0) is 13.2. The van der Waals surface area contributed by atoms with E-state index in [1.165, 1.54) is 22.3 Å². The van der Waals surface area contributed by atoms with Gasteiger partial charge in [0, 0.05) is 0 Å². The Hall–Kier alpha value is -1.60. The Morgan fingerprint density at radius 3 is 1.94 bits per heavy atom. The molecular weight excluding hydrogens is 218 g/mol. The first-order valence-electron chi connectivity index (χ1n) is 6.49. The monoisotopic (exact) mass is 239 g/mol. The molecule has 1 atom stereocenters. The van der Waals surface area contributed by atoms with Crippen molar-refractivity contribution in [3.63, 3.8) is 0 Å². The molecule has 18 heavy (non-hydrogen) atoms. The number of hydrogen-bond acceptors (Lipinski definition) is 1. The smallest absolute Gasteiger partial charge is 0.0663 e. The minimum Gasteiger partial charge on any atom is -0.318 e. The van der Waals surface area contributed by atoms with Crippen LogP contribution >= 0.6 is 0 Å². The van der Waals surface area contributed by atoms with E-state index in [0.29, 0.717) is 0 Å². The molecule has 0 saturated carbocycles. The molecule has 0 fully saturated rings. The minimum absolute atomic E-state index is 0.391. The zero-order valence-corrected chi connectivity index (χ0v) is 11.4. The van der Waals surface area contributed by atoms with Gasteiger partial charge in [-0.1, -0.05) is 66.6 Å². The summed E-state index contributed by atoms with van der Waals surface area (Å²) >= 11 is 0. The number of hydrogen-bond donors (Lipinski definition) is 1. The first-order chi connectivity index (χ1) is 8.56. The lowest BCUT2D eigenvalue weighted by Gasteiger charge is -2.30. The van der Waals surface area contributed by atoms with Crippen LogP contribution in [-0.2, 0) is 5.54 Å². The topological polar surface area (TPSA) is 26.0 Å². The lowest BCUT2D eigenvalue weighted by Crippen LogP contribution is -2.37. The molecule has 0 bridgehead atoms. The van der Waals surface area contributed by atoms with Crippen LogP contribution in [0.3, 0.4) is 0 Å². The Morgan fingerprint density at radius 1 is 0.889 bits per heavy atom. The van der Waals surface area contributed by atoms with Crippen molar-refractivity contribution in [3.8, 4) is 0 Å². The van der Waals surface area contributed by atoms with E-state index in [0.717, 1.165) is 6.42 Å². The highest BCUT2D eigenvalue weighted by Crippen LogP contribution is 2.31. The molecule has 0 aliphatic heterocycles. The molecule has 0 spiro atoms. The number of rotatable bonds is 3. The molecular formula is C17H21N. The average Bonchev–Trinajstić information content (AvgIpc) is 2.37. The average molecular weight is 239 g/mol. The molecule has 0 radical (unpaired) electrons. The molecule has 2 N–H and O–H groups in total. The summed E-state index contributed by atoms with van der Waals surface area (Å²) in [6, 6.07) is 16.9. The molecule has 2 aromatic carbocycles. The Kier molecular flexibility index (Phi) is 3.53. The maximum atomic E-state index is 6.68. The van der Waals surface area contributed by atoms with Gasteiger partial charge in [-0.2, -0.15) is 0 Å². The van der Waals surface area contributed by atoms with Crippen molar-refractivity contribution >= 4 is 0 Å². The van der Waals surface area contributed by atoms with Gasteiger partial charge in [0.25, 0.3) is 0 Å². The fourth-order valence-corrected chi connectivity index (χ4v) is 2.54. The van der Waals surface area contributed by atoms with Gasteiger partial charge in [-0.25, -0.2) is 0 Å². The third-order valence-electron chi connectivity index (χ3n) is 3.58. The Labute approximate surface area is 110 Å². The van der Waals surface area contributed by atoms with Crippen LogP contribution in [0.2, 0.25) is 0 Å². The predicted octanol–water partition coefficient (Wildman–Crippen LogP) is 3.92. The fraction of sp³-hybridized carbons (Fsp3) is 0.294. The molecule has 0 aromatic heterocycles. The quantitative estimate of drug-likeness (QED) is 0.863. The summed E-state index contributed by atoms with van der Waals surface area (Å²) in [6.45, 7) is 6.39. The molecule has 0 aliphatic rings. The van der Waals surface area contributed by atoms with E-state index in [4.69, 9.17) is 5.73 Å². The van der Waals surface area contributed by atoms with E-state index in [9.17, 15) is 0 Å². The van der Waals surface area contributed by atoms with Gasteiger partial charge in [-0.05, 0) is 31.4 Å². The van der Waals surface area contributed by atoms with Gasteiger partial charge < -0.3 is 5.73 Å². The number of benzene rings is 2. The van der Waals surface area contributed by atoms with Crippen LogP contribution in [0.1, 0.15) is 35.6 Å². The minimum atomic E-state index is -0.391. The molecule has 0 saturated heterocycles. The highest BCUT2D eigenvalue weighted by atomic mass is 14.7. The van der Waals surface area contributed by atoms with Gasteiger partial charge >= 0.3 is 0 Å². The summed E-state index contributed by atoms with van der Waals surface area (Å²) in [5.74, 6) is 0. The second kappa shape index (κ2) is 4.95. The normalized spacial score (nSPS) is 14.2. The summed E-state index contributed by atoms with van der Waals surface area (Å²) in [6.07, 6.45) is 0.889. The standard InChI is InChI=1S/C17H21N/c1-4-17(18,15-8-6-5-7-9-15)16-11-13(2)10-14(3)12-16/h5-12H,4,18H2,1-3H3. The first-order valence-corrected chi connectivity index (χ1v) is 6.49. The van der Waals surface area contributed by atoms with E-state index < -0.39 is 5.54 Å². The molecule has 94 valence electrons. The van der Waals surface area contributed by atoms with E-state index in [2.05, 4.69) is 63.2 Å². The maximum Gasteiger partial charge on any atom is 0.0663 e. The van der Waals surface area contributed by atoms with E-state index in [-0.39, 0.29) is 0 Å². The fourth-order valence-electron chi connectivity index (χ4n) is 2.54. The van der Waals surface area contributed by atoms with Gasteiger partial charge in [0.1, 0.15) is 0 Å². The van der Waals surface area contributed by atoms with Gasteiger partial charge in [-0.3, -0.25) is 0 Å². The second-order valence-electron chi connectivity index (χ2n) is 5.07. The predicted molar refractivity (Wildman–Crippen MR) is 77.6 cm³/mol. The molecule has 2 rings (SSSR count). The van der Waals surface area contributed by atoms with Crippen molar-refractivity contribution in [2.75, 3.05) is 0 Å². The highest BCUT2D eigenvalue weighted by molar-refractivity contribution is 5.41. The third kappa shape index (κ3) is 2.32. The van der Waals surface area contributed by atoms with Crippen molar-refractivity contribution in [1.29, 1.82) is 0 Å². The largest absolute Gasteiger partial charge is 0.318 e. The maximum absolute atomic E-state index is 6.68. The SMILES string of the molecule is CCC(N)(c1ccccc1)c1cc(C)cc(C)c1. The molecule has 0 amide bonds. The van der Waals surface area contributed by atoms with Gasteiger partial charge in [0.2, 0.25) is 0 Å². The number of aryl methyl sites for hydroxylation is 2. The number of nitrogens with two attached hydrogens (primary N) is 1. The van der Waals surface area contributed by atoms with Crippen molar-refractivity contribution in [2.45, 2.75) is 32.7 Å². The van der Waals surface area contributed by atoms with Gasteiger partial charge in [0.05, 0.1) is 5.54 Å². The van der Waals surface area contributed by atoms with Crippen LogP contribution in [-0.4, -0.2) is 0 Å². The first kappa shape index (κ1) is 12.8. The molecule has 1 nitrogen and oxygen atoms in total. The lowest BCUT2D eigenvalue weighted by molar-refractivity contribution is 0.518. The Bertz CT molecular complexity index is 510. The Balaban J connectivity index is 2.56. The summed E-state index contributed by atoms with van der Waals surface area (Å²) in [5, 5.41) is 0. The second-order valence-corrected chi connectivity index (χ2v) is 5.07. The van der Waals surface area contributed by atoms with Gasteiger partial charge in [0.15, 0.2) is 0 Å². The summed E-state index contributed by atoms with van der Waals surface area (Å²) in [7, 11) is 0. The summed E-state index contributed by atoms with van der Waals surface area (Å²) < 4.78 is 0. The van der Waals surface area contributed by atoms with Crippen molar-refractivity contribution in [2.24, 2.45) is 5.73 Å². The van der Waals surface area contributed by atoms with Crippen LogP contribution in [0.15, 0.2) is 48.5 Å². The summed E-state index contributed by atoms with van der Waals surface area (Å²) in [4.78, 5) is 0. The van der Waals surface area contributed by atoms with Crippen molar-refractivity contribution in [3.05, 3.63) is 70.8 Å². The van der Waals surface area contributed by atoms with Crippen LogP contribution in [0.5, 0.6) is 0 Å². The molecule has 2 aromatic rings. The lowest BCUT2D eigenvalue weighted by atomic mass is 9.80. The molecule has 0 heterocycles. The van der Waals surface area contributed by atoms with E-state index in [1.54, 1.807) is 0 Å². The molecule has 0 aliphatic carbocycles. The molecule has 1 heteroatoms. The highest BCUT2D eigenvalue weighted by Gasteiger charge is 2.27.